The van der Waals surface area contributed by atoms with Crippen LogP contribution in [0.15, 0.2) is 0 Å². The number of nitrogens with zero attached hydrogens (tertiary/aromatic N) is 1. The van der Waals surface area contributed by atoms with Gasteiger partial charge in [0.2, 0.25) is 0 Å². The zero-order valence-electron chi connectivity index (χ0n) is 8.05. The fraction of sp³-hybridized carbons (Fsp3) is 1.00. The van der Waals surface area contributed by atoms with E-state index in [0.717, 1.165) is 0 Å². The fourth-order valence-electron chi connectivity index (χ4n) is 2.85. The van der Waals surface area contributed by atoms with Crippen LogP contribution in [-0.2, 0) is 0 Å². The molecule has 0 aromatic rings. The molecule has 2 aliphatic rings. The van der Waals surface area contributed by atoms with E-state index in [1.54, 1.807) is 0 Å². The van der Waals surface area contributed by atoms with Gasteiger partial charge in [0.15, 0.2) is 0 Å². The minimum Gasteiger partial charge on any atom is -0.327 e. The average molecular weight is 168 g/mol. The number of hydrogen-bond acceptors (Lipinski definition) is 2. The summed E-state index contributed by atoms with van der Waals surface area (Å²) < 4.78 is 0. The van der Waals surface area contributed by atoms with Gasteiger partial charge in [0.25, 0.3) is 0 Å². The van der Waals surface area contributed by atoms with Gasteiger partial charge in [0.1, 0.15) is 0 Å². The van der Waals surface area contributed by atoms with Crippen molar-refractivity contribution in [3.63, 3.8) is 0 Å². The highest BCUT2D eigenvalue weighted by Gasteiger charge is 2.41. The highest BCUT2D eigenvalue weighted by molar-refractivity contribution is 4.97. The predicted molar refractivity (Wildman–Crippen MR) is 51.0 cm³/mol. The first kappa shape index (κ1) is 8.52. The molecule has 1 saturated carbocycles. The Kier molecular flexibility index (Phi) is 2.13. The SMILES string of the molecule is CN1CCC2(CCCC2N)CC1. The summed E-state index contributed by atoms with van der Waals surface area (Å²) in [6.45, 7) is 2.52. The van der Waals surface area contributed by atoms with Crippen molar-refractivity contribution >= 4 is 0 Å². The summed E-state index contributed by atoms with van der Waals surface area (Å²) >= 11 is 0. The normalized spacial score (nSPS) is 36.0. The lowest BCUT2D eigenvalue weighted by atomic mass is 9.74. The maximum absolute atomic E-state index is 6.17. The molecule has 0 radical (unpaired) electrons. The molecule has 1 spiro atoms. The smallest absolute Gasteiger partial charge is 0.00965 e. The Morgan fingerprint density at radius 3 is 2.42 bits per heavy atom. The van der Waals surface area contributed by atoms with Gasteiger partial charge in [-0.3, -0.25) is 0 Å². The molecule has 0 aromatic carbocycles. The molecule has 12 heavy (non-hydrogen) atoms. The molecule has 0 amide bonds. The van der Waals surface area contributed by atoms with Gasteiger partial charge in [-0.2, -0.15) is 0 Å². The van der Waals surface area contributed by atoms with E-state index in [1.165, 1.54) is 45.2 Å². The summed E-state index contributed by atoms with van der Waals surface area (Å²) in [5.74, 6) is 0. The molecular weight excluding hydrogens is 148 g/mol. The minimum absolute atomic E-state index is 0.506. The molecule has 1 atom stereocenters. The second kappa shape index (κ2) is 3.00. The van der Waals surface area contributed by atoms with Crippen LogP contribution in [0.25, 0.3) is 0 Å². The molecule has 1 unspecified atom stereocenters. The van der Waals surface area contributed by atoms with Gasteiger partial charge in [0.05, 0.1) is 0 Å². The summed E-state index contributed by atoms with van der Waals surface area (Å²) in [6.07, 6.45) is 6.70. The highest BCUT2D eigenvalue weighted by Crippen LogP contribution is 2.44. The van der Waals surface area contributed by atoms with Gasteiger partial charge < -0.3 is 10.6 Å². The van der Waals surface area contributed by atoms with Crippen LogP contribution in [-0.4, -0.2) is 31.1 Å². The summed E-state index contributed by atoms with van der Waals surface area (Å²) in [5.41, 5.74) is 6.72. The standard InChI is InChI=1S/C10H20N2/c1-12-7-5-10(6-8-12)4-2-3-9(10)11/h9H,2-8,11H2,1H3. The Hall–Kier alpha value is -0.0800. The third kappa shape index (κ3) is 1.27. The van der Waals surface area contributed by atoms with Gasteiger partial charge >= 0.3 is 0 Å². The number of likely N-dealkylation sites (tertiary alicyclic amines) is 1. The van der Waals surface area contributed by atoms with E-state index in [1.807, 2.05) is 0 Å². The Balaban J connectivity index is 2.02. The van der Waals surface area contributed by atoms with Gasteiger partial charge in [-0.05, 0) is 51.2 Å². The van der Waals surface area contributed by atoms with Gasteiger partial charge in [-0.1, -0.05) is 6.42 Å². The quantitative estimate of drug-likeness (QED) is 0.589. The molecule has 1 heterocycles. The highest BCUT2D eigenvalue weighted by atomic mass is 15.1. The predicted octanol–water partition coefficient (Wildman–Crippen LogP) is 1.21. The van der Waals surface area contributed by atoms with Crippen LogP contribution < -0.4 is 5.73 Å². The Morgan fingerprint density at radius 1 is 1.25 bits per heavy atom. The first-order chi connectivity index (χ1) is 5.73. The van der Waals surface area contributed by atoms with Crippen LogP contribution >= 0.6 is 0 Å². The second-order valence-corrected chi connectivity index (χ2v) is 4.66. The van der Waals surface area contributed by atoms with Crippen LogP contribution in [0.2, 0.25) is 0 Å². The maximum Gasteiger partial charge on any atom is 0.00965 e. The summed E-state index contributed by atoms with van der Waals surface area (Å²) in [6, 6.07) is 0.506. The van der Waals surface area contributed by atoms with Crippen LogP contribution in [0.3, 0.4) is 0 Å². The summed E-state index contributed by atoms with van der Waals surface area (Å²) in [4.78, 5) is 2.43. The topological polar surface area (TPSA) is 29.3 Å². The molecule has 0 aromatic heterocycles. The van der Waals surface area contributed by atoms with Crippen molar-refractivity contribution in [1.82, 2.24) is 4.90 Å². The zero-order valence-corrected chi connectivity index (χ0v) is 8.05. The molecule has 2 rings (SSSR count). The van der Waals surface area contributed by atoms with Gasteiger partial charge in [0, 0.05) is 6.04 Å². The summed E-state index contributed by atoms with van der Waals surface area (Å²) in [5, 5.41) is 0. The average Bonchev–Trinajstić information content (AvgIpc) is 2.41. The lowest BCUT2D eigenvalue weighted by molar-refractivity contribution is 0.112. The Labute approximate surface area is 75.1 Å². The van der Waals surface area contributed by atoms with Crippen molar-refractivity contribution in [2.75, 3.05) is 20.1 Å². The Morgan fingerprint density at radius 2 is 1.92 bits per heavy atom. The summed E-state index contributed by atoms with van der Waals surface area (Å²) in [7, 11) is 2.22. The van der Waals surface area contributed by atoms with E-state index in [9.17, 15) is 0 Å². The first-order valence-corrected chi connectivity index (χ1v) is 5.17. The molecule has 2 fully saturated rings. The van der Waals surface area contributed by atoms with E-state index in [0.29, 0.717) is 11.5 Å². The van der Waals surface area contributed by atoms with E-state index in [4.69, 9.17) is 5.73 Å². The van der Waals surface area contributed by atoms with Crippen molar-refractivity contribution in [2.45, 2.75) is 38.1 Å². The van der Waals surface area contributed by atoms with E-state index in [-0.39, 0.29) is 0 Å². The molecule has 2 N–H and O–H groups in total. The van der Waals surface area contributed by atoms with Crippen LogP contribution in [0.1, 0.15) is 32.1 Å². The monoisotopic (exact) mass is 168 g/mol. The Bertz CT molecular complexity index is 159. The number of hydrogen-bond donors (Lipinski definition) is 1. The van der Waals surface area contributed by atoms with E-state index >= 15 is 0 Å². The lowest BCUT2D eigenvalue weighted by Crippen LogP contribution is -2.45. The van der Waals surface area contributed by atoms with Crippen molar-refractivity contribution in [1.29, 1.82) is 0 Å². The largest absolute Gasteiger partial charge is 0.327 e. The van der Waals surface area contributed by atoms with Crippen LogP contribution in [0, 0.1) is 5.41 Å². The molecular formula is C10H20N2. The third-order valence-corrected chi connectivity index (χ3v) is 3.96. The molecule has 0 bridgehead atoms. The fourth-order valence-corrected chi connectivity index (χ4v) is 2.85. The number of nitrogens with two attached hydrogens (primary N) is 1. The van der Waals surface area contributed by atoms with Crippen LogP contribution in [0.5, 0.6) is 0 Å². The van der Waals surface area contributed by atoms with Crippen molar-refractivity contribution < 1.29 is 0 Å². The van der Waals surface area contributed by atoms with Crippen molar-refractivity contribution in [2.24, 2.45) is 11.1 Å². The van der Waals surface area contributed by atoms with Crippen molar-refractivity contribution in [3.05, 3.63) is 0 Å². The maximum atomic E-state index is 6.17. The molecule has 1 aliphatic heterocycles. The molecule has 70 valence electrons. The second-order valence-electron chi connectivity index (χ2n) is 4.66. The zero-order chi connectivity index (χ0) is 8.60. The molecule has 1 saturated heterocycles. The molecule has 2 heteroatoms. The van der Waals surface area contributed by atoms with E-state index < -0.39 is 0 Å². The molecule has 2 nitrogen and oxygen atoms in total. The third-order valence-electron chi connectivity index (χ3n) is 3.96. The van der Waals surface area contributed by atoms with Gasteiger partial charge in [-0.15, -0.1) is 0 Å². The van der Waals surface area contributed by atoms with Gasteiger partial charge in [-0.25, -0.2) is 0 Å². The van der Waals surface area contributed by atoms with Crippen molar-refractivity contribution in [3.8, 4) is 0 Å². The lowest BCUT2D eigenvalue weighted by Gasteiger charge is -2.40. The first-order valence-electron chi connectivity index (χ1n) is 5.17. The number of rotatable bonds is 0. The number of piperidine rings is 1. The van der Waals surface area contributed by atoms with Crippen LogP contribution in [0.4, 0.5) is 0 Å². The minimum atomic E-state index is 0.506. The molecule has 1 aliphatic carbocycles. The van der Waals surface area contributed by atoms with E-state index in [2.05, 4.69) is 11.9 Å².